The molecule has 44 heavy (non-hydrogen) atoms. The maximum Gasteiger partial charge on any atom is 0.265 e. The van der Waals surface area contributed by atoms with Crippen LogP contribution >= 0.6 is 11.6 Å². The fourth-order valence-corrected chi connectivity index (χ4v) is 8.39. The highest BCUT2D eigenvalue weighted by atomic mass is 35.5. The Kier molecular flexibility index (Phi) is 8.91. The van der Waals surface area contributed by atoms with E-state index in [1.807, 2.05) is 72.8 Å². The van der Waals surface area contributed by atoms with Crippen molar-refractivity contribution in [1.29, 1.82) is 0 Å². The van der Waals surface area contributed by atoms with E-state index in [0.717, 1.165) is 42.2 Å². The maximum atomic E-state index is 14.1. The van der Waals surface area contributed by atoms with Crippen LogP contribution < -0.4 is 9.62 Å². The van der Waals surface area contributed by atoms with Crippen molar-refractivity contribution < 1.29 is 18.0 Å². The average molecular weight is 630 g/mol. The first kappa shape index (κ1) is 30.2. The molecule has 6 rings (SSSR count). The second kappa shape index (κ2) is 13.0. The first-order valence-electron chi connectivity index (χ1n) is 15.2. The van der Waals surface area contributed by atoms with Gasteiger partial charge in [-0.2, -0.15) is 0 Å². The van der Waals surface area contributed by atoms with E-state index < -0.39 is 16.1 Å². The van der Waals surface area contributed by atoms with E-state index in [1.165, 1.54) is 4.31 Å². The number of nitrogens with zero attached hydrogens (tertiary/aromatic N) is 2. The van der Waals surface area contributed by atoms with Gasteiger partial charge in [0.05, 0.1) is 10.6 Å². The van der Waals surface area contributed by atoms with Gasteiger partial charge in [-0.3, -0.25) is 13.9 Å². The normalized spacial score (nSPS) is 16.2. The summed E-state index contributed by atoms with van der Waals surface area (Å²) >= 11 is 6.55. The Morgan fingerprint density at radius 2 is 1.61 bits per heavy atom. The molecular weight excluding hydrogens is 594 g/mol. The second-order valence-corrected chi connectivity index (χ2v) is 13.9. The van der Waals surface area contributed by atoms with Gasteiger partial charge in [0.1, 0.15) is 6.04 Å². The molecule has 0 spiro atoms. The van der Waals surface area contributed by atoms with Gasteiger partial charge < -0.3 is 10.2 Å². The zero-order chi connectivity index (χ0) is 30.7. The first-order valence-corrected chi connectivity index (χ1v) is 17.1. The number of amides is 2. The van der Waals surface area contributed by atoms with E-state index in [2.05, 4.69) is 5.32 Å². The summed E-state index contributed by atoms with van der Waals surface area (Å²) in [5.74, 6) is -0.398. The molecule has 7 nitrogen and oxygen atoms in total. The minimum absolute atomic E-state index is 0.0742. The van der Waals surface area contributed by atoms with E-state index in [4.69, 9.17) is 11.6 Å². The van der Waals surface area contributed by atoms with Crippen molar-refractivity contribution in [3.8, 4) is 0 Å². The number of carbonyl (C=O) groups excluding carboxylic acids is 2. The highest BCUT2D eigenvalue weighted by Crippen LogP contribution is 2.42. The van der Waals surface area contributed by atoms with E-state index in [0.29, 0.717) is 33.8 Å². The summed E-state index contributed by atoms with van der Waals surface area (Å²) in [6, 6.07) is 27.3. The Hall–Kier alpha value is -3.88. The van der Waals surface area contributed by atoms with Gasteiger partial charge in [-0.15, -0.1) is 0 Å². The smallest absolute Gasteiger partial charge is 0.265 e. The second-order valence-electron chi connectivity index (χ2n) is 11.6. The van der Waals surface area contributed by atoms with Crippen LogP contribution in [0.3, 0.4) is 0 Å². The Morgan fingerprint density at radius 1 is 0.909 bits per heavy atom. The molecule has 1 aliphatic heterocycles. The third-order valence-corrected chi connectivity index (χ3v) is 10.9. The van der Waals surface area contributed by atoms with Crippen molar-refractivity contribution in [1.82, 2.24) is 10.2 Å². The number of benzene rings is 4. The lowest BCUT2D eigenvalue weighted by molar-refractivity contribution is -0.141. The lowest BCUT2D eigenvalue weighted by atomic mass is 10.0. The Bertz CT molecular complexity index is 1770. The summed E-state index contributed by atoms with van der Waals surface area (Å²) in [5.41, 5.74) is 2.33. The van der Waals surface area contributed by atoms with Gasteiger partial charge in [0, 0.05) is 42.4 Å². The van der Waals surface area contributed by atoms with Gasteiger partial charge in [-0.1, -0.05) is 97.2 Å². The zero-order valence-electron chi connectivity index (χ0n) is 24.5. The molecule has 1 atom stereocenters. The van der Waals surface area contributed by atoms with Crippen LogP contribution in [0, 0.1) is 0 Å². The van der Waals surface area contributed by atoms with E-state index >= 15 is 0 Å². The summed E-state index contributed by atoms with van der Waals surface area (Å²) < 4.78 is 28.4. The number of hydrogen-bond donors (Lipinski definition) is 1. The van der Waals surface area contributed by atoms with Crippen LogP contribution in [0.5, 0.6) is 0 Å². The van der Waals surface area contributed by atoms with Gasteiger partial charge >= 0.3 is 0 Å². The van der Waals surface area contributed by atoms with E-state index in [9.17, 15) is 18.0 Å². The predicted molar refractivity (Wildman–Crippen MR) is 174 cm³/mol. The molecule has 1 aliphatic carbocycles. The number of anilines is 1. The minimum atomic E-state index is -3.73. The molecule has 1 unspecified atom stereocenters. The van der Waals surface area contributed by atoms with Crippen LogP contribution in [0.1, 0.15) is 49.7 Å². The zero-order valence-corrected chi connectivity index (χ0v) is 26.1. The molecule has 228 valence electrons. The number of sulfonamides is 1. The third kappa shape index (κ3) is 6.19. The first-order chi connectivity index (χ1) is 21.3. The van der Waals surface area contributed by atoms with Crippen LogP contribution in [0.15, 0.2) is 95.9 Å². The number of carbonyl (C=O) groups is 2. The van der Waals surface area contributed by atoms with Crippen LogP contribution in [-0.4, -0.2) is 43.8 Å². The summed E-state index contributed by atoms with van der Waals surface area (Å²) in [4.78, 5) is 29.9. The van der Waals surface area contributed by atoms with Gasteiger partial charge in [0.2, 0.25) is 11.8 Å². The molecule has 0 aromatic heterocycles. The maximum absolute atomic E-state index is 14.1. The fourth-order valence-electron chi connectivity index (χ4n) is 6.45. The molecule has 1 fully saturated rings. The topological polar surface area (TPSA) is 86.8 Å². The Labute approximate surface area is 263 Å². The molecule has 1 saturated carbocycles. The van der Waals surface area contributed by atoms with Crippen LogP contribution in [0.25, 0.3) is 10.8 Å². The molecule has 2 amide bonds. The lowest BCUT2D eigenvalue weighted by Gasteiger charge is -2.33. The van der Waals surface area contributed by atoms with Gasteiger partial charge in [0.25, 0.3) is 10.0 Å². The minimum Gasteiger partial charge on any atom is -0.352 e. The average Bonchev–Trinajstić information content (AvgIpc) is 3.61. The SMILES string of the molecule is O=C(NC1CCCC1)C(Cc1ccccc1)N(Cc1ccccc1Cl)C(=O)CCCN1c2cccc3cccc(c23)S1(=O)=O. The van der Waals surface area contributed by atoms with Crippen molar-refractivity contribution in [3.63, 3.8) is 0 Å². The molecule has 9 heteroatoms. The summed E-state index contributed by atoms with van der Waals surface area (Å²) in [6.07, 6.45) is 4.74. The molecule has 1 N–H and O–H groups in total. The van der Waals surface area contributed by atoms with Crippen molar-refractivity contribution >= 4 is 49.9 Å². The fraction of sp³-hybridized carbons (Fsp3) is 0.314. The van der Waals surface area contributed by atoms with Crippen molar-refractivity contribution in [3.05, 3.63) is 107 Å². The molecule has 1 heterocycles. The van der Waals surface area contributed by atoms with Crippen molar-refractivity contribution in [2.24, 2.45) is 0 Å². The van der Waals surface area contributed by atoms with E-state index in [1.54, 1.807) is 23.1 Å². The number of nitrogens with one attached hydrogen (secondary N) is 1. The van der Waals surface area contributed by atoms with Crippen LogP contribution in [0.4, 0.5) is 5.69 Å². The standard InChI is InChI=1S/C35H36ClN3O4S/c36-29-18-7-4-13-27(29)24-38(31(23-25-11-2-1-3-12-25)35(41)37-28-16-5-6-17-28)33(40)21-10-22-39-30-19-8-14-26-15-9-20-32(34(26)30)44(39,42)43/h1-4,7-9,11-15,18-20,28,31H,5-6,10,16-17,21-24H2,(H,37,41). The molecule has 4 aromatic carbocycles. The molecule has 4 aromatic rings. The molecule has 0 saturated heterocycles. The lowest BCUT2D eigenvalue weighted by Crippen LogP contribution is -2.52. The predicted octanol–water partition coefficient (Wildman–Crippen LogP) is 6.48. The molecule has 0 bridgehead atoms. The third-order valence-electron chi connectivity index (χ3n) is 8.70. The van der Waals surface area contributed by atoms with Gasteiger partial charge in [0.15, 0.2) is 0 Å². The number of hydrogen-bond acceptors (Lipinski definition) is 4. The van der Waals surface area contributed by atoms with Crippen molar-refractivity contribution in [2.75, 3.05) is 10.8 Å². The largest absolute Gasteiger partial charge is 0.352 e. The monoisotopic (exact) mass is 629 g/mol. The Balaban J connectivity index is 1.25. The number of rotatable bonds is 11. The molecule has 0 radical (unpaired) electrons. The molecule has 2 aliphatic rings. The summed E-state index contributed by atoms with van der Waals surface area (Å²) in [7, 11) is -3.73. The van der Waals surface area contributed by atoms with Crippen LogP contribution in [-0.2, 0) is 32.6 Å². The van der Waals surface area contributed by atoms with Gasteiger partial charge in [-0.25, -0.2) is 8.42 Å². The van der Waals surface area contributed by atoms with Crippen molar-refractivity contribution in [2.45, 2.75) is 68.5 Å². The quantitative estimate of drug-likeness (QED) is 0.206. The van der Waals surface area contributed by atoms with Gasteiger partial charge in [-0.05, 0) is 54.0 Å². The van der Waals surface area contributed by atoms with Crippen LogP contribution in [0.2, 0.25) is 5.02 Å². The molecular formula is C35H36ClN3O4S. The highest BCUT2D eigenvalue weighted by Gasteiger charge is 2.36. The summed E-state index contributed by atoms with van der Waals surface area (Å²) in [5, 5.41) is 5.32. The number of halogens is 1. The van der Waals surface area contributed by atoms with E-state index in [-0.39, 0.29) is 37.4 Å². The highest BCUT2D eigenvalue weighted by molar-refractivity contribution is 7.93. The summed E-state index contributed by atoms with van der Waals surface area (Å²) in [6.45, 7) is 0.320. The Morgan fingerprint density at radius 3 is 2.36 bits per heavy atom.